The van der Waals surface area contributed by atoms with E-state index in [4.69, 9.17) is 14.3 Å². The van der Waals surface area contributed by atoms with Crippen molar-refractivity contribution in [2.24, 2.45) is 0 Å². The summed E-state index contributed by atoms with van der Waals surface area (Å²) in [6.45, 7) is 0.912. The normalized spacial score (nSPS) is 36.0. The van der Waals surface area contributed by atoms with Gasteiger partial charge in [-0.1, -0.05) is 39.0 Å². The minimum atomic E-state index is -2.88. The molecule has 1 unspecified atom stereocenters. The Labute approximate surface area is 144 Å². The first-order valence-electron chi connectivity index (χ1n) is 11.0. The average Bonchev–Trinajstić information content (AvgIpc) is 2.49. The van der Waals surface area contributed by atoms with Crippen molar-refractivity contribution in [3.8, 4) is 0 Å². The molecule has 3 heteroatoms. The van der Waals surface area contributed by atoms with Crippen LogP contribution in [0.1, 0.15) is 69.1 Å². The Morgan fingerprint density at radius 3 is 2.50 bits per heavy atom. The fourth-order valence-electron chi connectivity index (χ4n) is 2.70. The van der Waals surface area contributed by atoms with Crippen molar-refractivity contribution in [2.75, 3.05) is 13.0 Å². The quantitative estimate of drug-likeness (QED) is 0.796. The molecular formula is C19H30FNO. The summed E-state index contributed by atoms with van der Waals surface area (Å²) in [4.78, 5) is 0.778. The number of ether oxygens (including phenoxy) is 1. The van der Waals surface area contributed by atoms with Gasteiger partial charge in [0.15, 0.2) is 0 Å². The van der Waals surface area contributed by atoms with Gasteiger partial charge in [0.1, 0.15) is 5.82 Å². The molecule has 2 rings (SSSR count). The van der Waals surface area contributed by atoms with Crippen LogP contribution in [0.25, 0.3) is 0 Å². The molecule has 1 aliphatic rings. The summed E-state index contributed by atoms with van der Waals surface area (Å²) in [6, 6.07) is 4.74. The fraction of sp³-hybridized carbons (Fsp3) is 0.684. The highest BCUT2D eigenvalue weighted by atomic mass is 19.1. The van der Waals surface area contributed by atoms with E-state index in [9.17, 15) is 0 Å². The fourth-order valence-corrected chi connectivity index (χ4v) is 2.70. The molecule has 1 heterocycles. The topological polar surface area (TPSA) is 12.5 Å². The van der Waals surface area contributed by atoms with E-state index < -0.39 is 48.8 Å². The van der Waals surface area contributed by atoms with Crippen molar-refractivity contribution < 1.29 is 18.7 Å². The Hall–Kier alpha value is -0.930. The summed E-state index contributed by atoms with van der Waals surface area (Å²) in [7, 11) is 0. The number of halogens is 1. The first kappa shape index (κ1) is 10.0. The molecule has 1 aliphatic heterocycles. The van der Waals surface area contributed by atoms with Gasteiger partial charge in [0, 0.05) is 34.7 Å². The van der Waals surface area contributed by atoms with E-state index >= 15 is 4.39 Å². The van der Waals surface area contributed by atoms with Crippen LogP contribution in [0.15, 0.2) is 18.2 Å². The Kier molecular flexibility index (Phi) is 2.56. The SMILES string of the molecule is [2H]C([2H])([2H])C1(C)OC(C)(C)C([2H])([2H])N(Cc2cccc(C(C)(C)C)c2F)C1([2H])[2H]. The van der Waals surface area contributed by atoms with Gasteiger partial charge in [-0.3, -0.25) is 4.90 Å². The van der Waals surface area contributed by atoms with Crippen molar-refractivity contribution in [1.82, 2.24) is 4.90 Å². The first-order chi connectivity index (χ1) is 12.7. The molecule has 1 aromatic carbocycles. The number of morpholine rings is 1. The van der Waals surface area contributed by atoms with E-state index in [0.717, 1.165) is 11.8 Å². The van der Waals surface area contributed by atoms with Crippen LogP contribution in [0.2, 0.25) is 0 Å². The van der Waals surface area contributed by atoms with Crippen LogP contribution in [0, 0.1) is 5.82 Å². The lowest BCUT2D eigenvalue weighted by molar-refractivity contribution is -0.182. The lowest BCUT2D eigenvalue weighted by Crippen LogP contribution is -2.56. The second-order valence-electron chi connectivity index (χ2n) is 7.48. The average molecular weight is 314 g/mol. The summed E-state index contributed by atoms with van der Waals surface area (Å²) >= 11 is 0. The third kappa shape index (κ3) is 4.08. The van der Waals surface area contributed by atoms with Crippen LogP contribution in [-0.4, -0.2) is 29.1 Å². The van der Waals surface area contributed by atoms with Crippen LogP contribution in [0.4, 0.5) is 4.39 Å². The van der Waals surface area contributed by atoms with Crippen LogP contribution in [-0.2, 0) is 16.7 Å². The van der Waals surface area contributed by atoms with Crippen LogP contribution in [0.3, 0.4) is 0 Å². The monoisotopic (exact) mass is 314 g/mol. The lowest BCUT2D eigenvalue weighted by Gasteiger charge is -2.47. The summed E-state index contributed by atoms with van der Waals surface area (Å²) in [5, 5.41) is 0. The predicted molar refractivity (Wildman–Crippen MR) is 89.6 cm³/mol. The predicted octanol–water partition coefficient (Wildman–Crippen LogP) is 4.51. The van der Waals surface area contributed by atoms with E-state index in [1.807, 2.05) is 20.8 Å². The van der Waals surface area contributed by atoms with Crippen molar-refractivity contribution in [2.45, 2.75) is 71.6 Å². The van der Waals surface area contributed by atoms with E-state index in [1.54, 1.807) is 12.1 Å². The van der Waals surface area contributed by atoms with Gasteiger partial charge in [0.05, 0.1) is 11.2 Å². The number of nitrogens with zero attached hydrogens (tertiary/aromatic N) is 1. The molecule has 0 saturated carbocycles. The molecule has 2 nitrogen and oxygen atoms in total. The second kappa shape index (κ2) is 5.61. The van der Waals surface area contributed by atoms with Crippen molar-refractivity contribution >= 4 is 0 Å². The van der Waals surface area contributed by atoms with Crippen LogP contribution < -0.4 is 0 Å². The molecule has 0 spiro atoms. The second-order valence-corrected chi connectivity index (χ2v) is 7.48. The number of benzene rings is 1. The lowest BCUT2D eigenvalue weighted by atomic mass is 9.85. The van der Waals surface area contributed by atoms with Crippen molar-refractivity contribution in [1.29, 1.82) is 0 Å². The zero-order chi connectivity index (χ0) is 22.8. The van der Waals surface area contributed by atoms with Gasteiger partial charge in [-0.25, -0.2) is 4.39 Å². The van der Waals surface area contributed by atoms with Crippen molar-refractivity contribution in [3.63, 3.8) is 0 Å². The van der Waals surface area contributed by atoms with Gasteiger partial charge in [-0.2, -0.15) is 0 Å². The summed E-state index contributed by atoms with van der Waals surface area (Å²) < 4.78 is 78.6. The smallest absolute Gasteiger partial charge is 0.131 e. The minimum Gasteiger partial charge on any atom is -0.367 e. The van der Waals surface area contributed by atoms with Crippen molar-refractivity contribution in [3.05, 3.63) is 35.1 Å². The highest BCUT2D eigenvalue weighted by molar-refractivity contribution is 5.31. The molecular weight excluding hydrogens is 277 g/mol. The summed E-state index contributed by atoms with van der Waals surface area (Å²) in [6.07, 6.45) is 0. The summed E-state index contributed by atoms with van der Waals surface area (Å²) in [5.41, 5.74) is -3.99. The zero-order valence-corrected chi connectivity index (χ0v) is 14.2. The van der Waals surface area contributed by atoms with Crippen LogP contribution >= 0.6 is 0 Å². The Morgan fingerprint density at radius 2 is 1.91 bits per heavy atom. The molecule has 1 atom stereocenters. The molecule has 0 aliphatic carbocycles. The third-order valence-corrected chi connectivity index (χ3v) is 3.43. The largest absolute Gasteiger partial charge is 0.367 e. The number of rotatable bonds is 2. The zero-order valence-electron chi connectivity index (χ0n) is 21.2. The Balaban J connectivity index is 2.66. The third-order valence-electron chi connectivity index (χ3n) is 3.43. The van der Waals surface area contributed by atoms with Gasteiger partial charge in [0.2, 0.25) is 0 Å². The number of hydrogen-bond donors (Lipinski definition) is 0. The maximum absolute atomic E-state index is 15.2. The van der Waals surface area contributed by atoms with E-state index in [1.165, 1.54) is 19.9 Å². The Morgan fingerprint density at radius 1 is 1.27 bits per heavy atom. The van der Waals surface area contributed by atoms with Gasteiger partial charge in [-0.05, 0) is 38.6 Å². The minimum absolute atomic E-state index is 0.0933. The molecule has 124 valence electrons. The molecule has 0 aromatic heterocycles. The standard InChI is InChI=1S/C19H30FNO/c1-17(2,3)15-10-8-9-14(16(15)20)11-21-12-18(4,5)22-19(6,7)13-21/h8-10H,11-13H2,1-7H3/i4D3,12D2,13D2. The molecule has 1 saturated heterocycles. The van der Waals surface area contributed by atoms with Gasteiger partial charge in [0.25, 0.3) is 0 Å². The molecule has 0 bridgehead atoms. The van der Waals surface area contributed by atoms with E-state index in [-0.39, 0.29) is 5.56 Å². The molecule has 1 fully saturated rings. The maximum Gasteiger partial charge on any atom is 0.131 e. The maximum atomic E-state index is 15.2. The molecule has 0 amide bonds. The number of hydrogen-bond acceptors (Lipinski definition) is 2. The van der Waals surface area contributed by atoms with Crippen LogP contribution in [0.5, 0.6) is 0 Å². The van der Waals surface area contributed by atoms with E-state index in [0.29, 0.717) is 5.56 Å². The summed E-state index contributed by atoms with van der Waals surface area (Å²) in [5.74, 6) is -0.550. The highest BCUT2D eigenvalue weighted by Gasteiger charge is 2.38. The molecule has 22 heavy (non-hydrogen) atoms. The highest BCUT2D eigenvalue weighted by Crippen LogP contribution is 2.31. The molecule has 1 aromatic rings. The molecule has 0 N–H and O–H groups in total. The van der Waals surface area contributed by atoms with E-state index in [2.05, 4.69) is 0 Å². The van der Waals surface area contributed by atoms with Gasteiger partial charge in [-0.15, -0.1) is 0 Å². The van der Waals surface area contributed by atoms with Gasteiger partial charge >= 0.3 is 0 Å². The van der Waals surface area contributed by atoms with Gasteiger partial charge < -0.3 is 4.74 Å². The molecule has 0 radical (unpaired) electrons. The Bertz CT molecular complexity index is 786. The first-order valence-corrected chi connectivity index (χ1v) is 7.46.